The molecule has 0 aliphatic rings. The summed E-state index contributed by atoms with van der Waals surface area (Å²) in [5, 5.41) is 4.71. The normalized spacial score (nSPS) is 10.5. The Morgan fingerprint density at radius 2 is 2.16 bits per heavy atom. The molecule has 0 radical (unpaired) electrons. The van der Waals surface area contributed by atoms with Gasteiger partial charge in [0.1, 0.15) is 0 Å². The first-order valence-corrected chi connectivity index (χ1v) is 6.34. The van der Waals surface area contributed by atoms with Crippen LogP contribution in [0.1, 0.15) is 11.3 Å². The third-order valence-corrected chi connectivity index (χ3v) is 3.16. The van der Waals surface area contributed by atoms with Gasteiger partial charge in [-0.15, -0.1) is 11.3 Å². The maximum absolute atomic E-state index is 13.0. The van der Waals surface area contributed by atoms with E-state index in [2.05, 4.69) is 10.3 Å². The van der Waals surface area contributed by atoms with E-state index in [4.69, 9.17) is 5.73 Å². The number of carbonyl (C=O) groups excluding carboxylic acids is 1. The Morgan fingerprint density at radius 3 is 2.84 bits per heavy atom. The lowest BCUT2D eigenvalue weighted by atomic mass is 10.1. The monoisotopic (exact) mass is 283 g/mol. The van der Waals surface area contributed by atoms with E-state index in [1.54, 1.807) is 5.38 Å². The van der Waals surface area contributed by atoms with Crippen molar-refractivity contribution >= 4 is 22.4 Å². The number of benzene rings is 1. The summed E-state index contributed by atoms with van der Waals surface area (Å²) >= 11 is 1.25. The molecule has 0 atom stereocenters. The second-order valence-corrected chi connectivity index (χ2v) is 4.68. The van der Waals surface area contributed by atoms with Crippen LogP contribution in [0.3, 0.4) is 0 Å². The van der Waals surface area contributed by atoms with E-state index in [-0.39, 0.29) is 12.5 Å². The molecule has 0 fully saturated rings. The van der Waals surface area contributed by atoms with Gasteiger partial charge in [0.2, 0.25) is 5.91 Å². The molecule has 0 aliphatic carbocycles. The fraction of sp³-hybridized carbons (Fsp3) is 0.167. The Kier molecular flexibility index (Phi) is 4.18. The van der Waals surface area contributed by atoms with Crippen molar-refractivity contribution in [2.24, 2.45) is 5.73 Å². The third kappa shape index (κ3) is 3.55. The number of amides is 1. The van der Waals surface area contributed by atoms with E-state index in [1.165, 1.54) is 17.4 Å². The van der Waals surface area contributed by atoms with Crippen molar-refractivity contribution in [3.05, 3.63) is 46.5 Å². The highest BCUT2D eigenvalue weighted by Crippen LogP contribution is 2.19. The van der Waals surface area contributed by atoms with Crippen LogP contribution in [0.25, 0.3) is 0 Å². The van der Waals surface area contributed by atoms with E-state index in [0.29, 0.717) is 22.8 Å². The number of nitrogens with one attached hydrogen (secondary N) is 1. The van der Waals surface area contributed by atoms with Gasteiger partial charge in [-0.3, -0.25) is 4.79 Å². The van der Waals surface area contributed by atoms with Gasteiger partial charge in [-0.2, -0.15) is 0 Å². The van der Waals surface area contributed by atoms with E-state index >= 15 is 0 Å². The van der Waals surface area contributed by atoms with Crippen LogP contribution in [0, 0.1) is 11.6 Å². The average Bonchev–Trinajstić information content (AvgIpc) is 2.81. The Hall–Kier alpha value is -1.86. The zero-order valence-corrected chi connectivity index (χ0v) is 10.6. The predicted molar refractivity (Wildman–Crippen MR) is 69.0 cm³/mol. The zero-order valence-electron chi connectivity index (χ0n) is 9.82. The van der Waals surface area contributed by atoms with E-state index < -0.39 is 11.6 Å². The molecular formula is C12H11F2N3OS. The molecule has 0 spiro atoms. The van der Waals surface area contributed by atoms with Gasteiger partial charge in [-0.25, -0.2) is 13.8 Å². The first kappa shape index (κ1) is 13.6. The Balaban J connectivity index is 2.07. The first-order valence-electron chi connectivity index (χ1n) is 5.46. The highest BCUT2D eigenvalue weighted by molar-refractivity contribution is 7.13. The van der Waals surface area contributed by atoms with Crippen LogP contribution >= 0.6 is 11.3 Å². The summed E-state index contributed by atoms with van der Waals surface area (Å²) in [5.41, 5.74) is 6.45. The Morgan fingerprint density at radius 1 is 1.37 bits per heavy atom. The van der Waals surface area contributed by atoms with Gasteiger partial charge in [-0.1, -0.05) is 6.07 Å². The summed E-state index contributed by atoms with van der Waals surface area (Å²) in [5.74, 6) is -2.09. The molecule has 4 nitrogen and oxygen atoms in total. The summed E-state index contributed by atoms with van der Waals surface area (Å²) in [4.78, 5) is 15.2. The summed E-state index contributed by atoms with van der Waals surface area (Å²) in [6.45, 7) is -0.113. The topological polar surface area (TPSA) is 68.0 Å². The number of anilines is 1. The third-order valence-electron chi connectivity index (χ3n) is 2.35. The lowest BCUT2D eigenvalue weighted by molar-refractivity contribution is -0.114. The zero-order chi connectivity index (χ0) is 13.8. The second kappa shape index (κ2) is 5.85. The largest absolute Gasteiger partial charge is 0.322 e. The van der Waals surface area contributed by atoms with Crippen LogP contribution in [-0.2, 0) is 11.2 Å². The fourth-order valence-electron chi connectivity index (χ4n) is 1.47. The minimum absolute atomic E-state index is 0.113. The van der Waals surface area contributed by atoms with Crippen LogP contribution in [0.15, 0.2) is 23.6 Å². The number of hydrogen-bond donors (Lipinski definition) is 2. The van der Waals surface area contributed by atoms with Crippen LogP contribution < -0.4 is 11.1 Å². The number of nitrogens with zero attached hydrogens (tertiary/aromatic N) is 1. The van der Waals surface area contributed by atoms with Crippen molar-refractivity contribution < 1.29 is 13.6 Å². The molecule has 1 aromatic carbocycles. The average molecular weight is 283 g/mol. The molecular weight excluding hydrogens is 272 g/mol. The van der Waals surface area contributed by atoms with E-state index in [9.17, 15) is 13.6 Å². The molecule has 0 saturated carbocycles. The molecule has 0 saturated heterocycles. The molecule has 1 aromatic heterocycles. The van der Waals surface area contributed by atoms with Crippen LogP contribution in [0.5, 0.6) is 0 Å². The molecule has 0 aliphatic heterocycles. The number of hydrogen-bond acceptors (Lipinski definition) is 4. The fourth-order valence-corrected chi connectivity index (χ4v) is 2.20. The molecule has 1 heterocycles. The molecule has 2 aromatic rings. The lowest BCUT2D eigenvalue weighted by Gasteiger charge is -2.00. The summed E-state index contributed by atoms with van der Waals surface area (Å²) in [6.07, 6.45) is 0.367. The minimum atomic E-state index is -0.885. The lowest BCUT2D eigenvalue weighted by Crippen LogP contribution is -2.21. The number of nitrogens with two attached hydrogens (primary N) is 1. The highest BCUT2D eigenvalue weighted by Gasteiger charge is 2.08. The number of carbonyl (C=O) groups is 1. The van der Waals surface area contributed by atoms with Crippen molar-refractivity contribution in [1.29, 1.82) is 0 Å². The van der Waals surface area contributed by atoms with Gasteiger partial charge in [0.25, 0.3) is 0 Å². The number of thiazole rings is 1. The number of halogens is 2. The van der Waals surface area contributed by atoms with E-state index in [0.717, 1.165) is 12.1 Å². The maximum atomic E-state index is 13.0. The highest BCUT2D eigenvalue weighted by atomic mass is 32.1. The van der Waals surface area contributed by atoms with Gasteiger partial charge in [-0.05, 0) is 17.7 Å². The Labute approximate surface area is 112 Å². The van der Waals surface area contributed by atoms with Crippen molar-refractivity contribution in [1.82, 2.24) is 4.98 Å². The smallest absolute Gasteiger partial charge is 0.239 e. The molecule has 100 valence electrons. The van der Waals surface area contributed by atoms with Gasteiger partial charge >= 0.3 is 0 Å². The standard InChI is InChI=1S/C12H11F2N3OS/c13-9-2-1-7(4-10(9)14)3-8-6-19-12(16-8)17-11(18)5-15/h1-2,4,6H,3,5,15H2,(H,16,17,18). The summed E-state index contributed by atoms with van der Waals surface area (Å²) in [7, 11) is 0. The minimum Gasteiger partial charge on any atom is -0.322 e. The quantitative estimate of drug-likeness (QED) is 0.900. The SMILES string of the molecule is NCC(=O)Nc1nc(Cc2ccc(F)c(F)c2)cs1. The van der Waals surface area contributed by atoms with Crippen molar-refractivity contribution in [2.45, 2.75) is 6.42 Å². The summed E-state index contributed by atoms with van der Waals surface area (Å²) in [6, 6.07) is 3.71. The van der Waals surface area contributed by atoms with Crippen LogP contribution in [-0.4, -0.2) is 17.4 Å². The Bertz CT molecular complexity index is 600. The van der Waals surface area contributed by atoms with Crippen molar-refractivity contribution in [3.63, 3.8) is 0 Å². The molecule has 0 unspecified atom stereocenters. The van der Waals surface area contributed by atoms with Gasteiger partial charge in [0, 0.05) is 11.8 Å². The van der Waals surface area contributed by atoms with Gasteiger partial charge < -0.3 is 11.1 Å². The second-order valence-electron chi connectivity index (χ2n) is 3.82. The molecule has 19 heavy (non-hydrogen) atoms. The number of aromatic nitrogens is 1. The van der Waals surface area contributed by atoms with Gasteiger partial charge in [0.15, 0.2) is 16.8 Å². The molecule has 2 rings (SSSR count). The molecule has 7 heteroatoms. The summed E-state index contributed by atoms with van der Waals surface area (Å²) < 4.78 is 25.8. The van der Waals surface area contributed by atoms with Crippen molar-refractivity contribution in [2.75, 3.05) is 11.9 Å². The van der Waals surface area contributed by atoms with E-state index in [1.807, 2.05) is 0 Å². The van der Waals surface area contributed by atoms with Crippen LogP contribution in [0.4, 0.5) is 13.9 Å². The molecule has 1 amide bonds. The van der Waals surface area contributed by atoms with Gasteiger partial charge in [0.05, 0.1) is 12.2 Å². The van der Waals surface area contributed by atoms with Crippen molar-refractivity contribution in [3.8, 4) is 0 Å². The maximum Gasteiger partial charge on any atom is 0.239 e. The predicted octanol–water partition coefficient (Wildman–Crippen LogP) is 1.91. The first-order chi connectivity index (χ1) is 9.08. The molecule has 3 N–H and O–H groups in total. The van der Waals surface area contributed by atoms with Crippen LogP contribution in [0.2, 0.25) is 0 Å². The number of rotatable bonds is 4. The molecule has 0 bridgehead atoms.